The highest BCUT2D eigenvalue weighted by atomic mass is 32.2. The van der Waals surface area contributed by atoms with Gasteiger partial charge in [-0.3, -0.25) is 10.1 Å². The molecule has 0 spiro atoms. The smallest absolute Gasteiger partial charge is 0.321 e. The first-order valence-corrected chi connectivity index (χ1v) is 6.60. The Hall–Kier alpha value is -1.69. The zero-order valence-electron chi connectivity index (χ0n) is 10.1. The molecule has 3 N–H and O–H groups in total. The Labute approximate surface area is 110 Å². The lowest BCUT2D eigenvalue weighted by molar-refractivity contribution is -0.117. The largest absolute Gasteiger partial charge is 0.507 e. The number of hydrogen-bond acceptors (Lipinski definition) is 4. The second kappa shape index (κ2) is 7.60. The van der Waals surface area contributed by atoms with Crippen LogP contribution in [0.4, 0.5) is 4.79 Å². The van der Waals surface area contributed by atoms with Gasteiger partial charge in [-0.05, 0) is 18.6 Å². The molecule has 0 unspecified atom stereocenters. The van der Waals surface area contributed by atoms with E-state index in [1.165, 1.54) is 11.8 Å². The number of urea groups is 1. The minimum atomic E-state index is -0.486. The molecular weight excluding hydrogens is 252 g/mol. The molecule has 0 heterocycles. The van der Waals surface area contributed by atoms with Crippen LogP contribution in [-0.2, 0) is 4.79 Å². The average Bonchev–Trinajstić information content (AvgIpc) is 2.35. The first-order chi connectivity index (χ1) is 8.63. The number of thioether (sulfide) groups is 1. The predicted octanol–water partition coefficient (Wildman–Crippen LogP) is 1.72. The number of aromatic hydroxyl groups is 1. The number of nitrogens with one attached hydrogen (secondary N) is 2. The zero-order chi connectivity index (χ0) is 13.4. The van der Waals surface area contributed by atoms with Crippen molar-refractivity contribution in [1.82, 2.24) is 10.6 Å². The van der Waals surface area contributed by atoms with E-state index >= 15 is 0 Å². The fraction of sp³-hybridized carbons (Fsp3) is 0.333. The summed E-state index contributed by atoms with van der Waals surface area (Å²) in [5.74, 6) is -0.181. The monoisotopic (exact) mass is 268 g/mol. The highest BCUT2D eigenvalue weighted by Gasteiger charge is 2.08. The molecule has 1 aromatic carbocycles. The van der Waals surface area contributed by atoms with Gasteiger partial charge in [0.1, 0.15) is 5.75 Å². The minimum Gasteiger partial charge on any atom is -0.507 e. The first-order valence-electron chi connectivity index (χ1n) is 5.62. The fourth-order valence-electron chi connectivity index (χ4n) is 1.17. The van der Waals surface area contributed by atoms with Crippen LogP contribution in [0.3, 0.4) is 0 Å². The quantitative estimate of drug-likeness (QED) is 0.710. The van der Waals surface area contributed by atoms with Crippen molar-refractivity contribution in [2.75, 3.05) is 12.3 Å². The van der Waals surface area contributed by atoms with Gasteiger partial charge in [0.15, 0.2) is 0 Å². The third kappa shape index (κ3) is 5.09. The Bertz CT molecular complexity index is 424. The SMILES string of the molecule is CCCNC(=O)NC(=O)CSc1ccccc1O. The van der Waals surface area contributed by atoms with E-state index in [-0.39, 0.29) is 11.5 Å². The van der Waals surface area contributed by atoms with Crippen LogP contribution in [0, 0.1) is 0 Å². The molecule has 3 amide bonds. The fourth-order valence-corrected chi connectivity index (χ4v) is 1.92. The Kier molecular flexibility index (Phi) is 6.07. The minimum absolute atomic E-state index is 0.0805. The lowest BCUT2D eigenvalue weighted by Gasteiger charge is -2.06. The third-order valence-corrected chi connectivity index (χ3v) is 3.08. The van der Waals surface area contributed by atoms with Gasteiger partial charge in [-0.25, -0.2) is 4.79 Å². The van der Waals surface area contributed by atoms with Gasteiger partial charge in [-0.2, -0.15) is 0 Å². The van der Waals surface area contributed by atoms with E-state index in [1.807, 2.05) is 6.92 Å². The summed E-state index contributed by atoms with van der Waals surface area (Å²) in [5.41, 5.74) is 0. The molecule has 0 bridgehead atoms. The van der Waals surface area contributed by atoms with Crippen LogP contribution in [0.15, 0.2) is 29.2 Å². The molecule has 0 atom stereocenters. The van der Waals surface area contributed by atoms with E-state index in [0.717, 1.165) is 6.42 Å². The Morgan fingerprint density at radius 2 is 2.06 bits per heavy atom. The maximum atomic E-state index is 11.4. The average molecular weight is 268 g/mol. The summed E-state index contributed by atoms with van der Waals surface area (Å²) in [5, 5.41) is 14.2. The number of phenols is 1. The lowest BCUT2D eigenvalue weighted by atomic mass is 10.3. The number of carbonyl (C=O) groups excluding carboxylic acids is 2. The Morgan fingerprint density at radius 1 is 1.33 bits per heavy atom. The molecule has 5 nitrogen and oxygen atoms in total. The van der Waals surface area contributed by atoms with Gasteiger partial charge in [0.05, 0.1) is 5.75 Å². The standard InChI is InChI=1S/C12H16N2O3S/c1-2-7-13-12(17)14-11(16)8-18-10-6-4-3-5-9(10)15/h3-6,15H,2,7-8H2,1H3,(H2,13,14,16,17). The second-order valence-electron chi connectivity index (χ2n) is 3.56. The van der Waals surface area contributed by atoms with Crippen molar-refractivity contribution in [2.45, 2.75) is 18.2 Å². The summed E-state index contributed by atoms with van der Waals surface area (Å²) < 4.78 is 0. The molecule has 1 rings (SSSR count). The van der Waals surface area contributed by atoms with Crippen LogP contribution in [0.25, 0.3) is 0 Å². The number of rotatable bonds is 5. The van der Waals surface area contributed by atoms with E-state index < -0.39 is 11.9 Å². The van der Waals surface area contributed by atoms with Gasteiger partial charge in [0.25, 0.3) is 0 Å². The Morgan fingerprint density at radius 3 is 2.72 bits per heavy atom. The highest BCUT2D eigenvalue weighted by Crippen LogP contribution is 2.27. The van der Waals surface area contributed by atoms with Crippen molar-refractivity contribution in [1.29, 1.82) is 0 Å². The van der Waals surface area contributed by atoms with Crippen molar-refractivity contribution in [3.05, 3.63) is 24.3 Å². The van der Waals surface area contributed by atoms with Crippen molar-refractivity contribution in [2.24, 2.45) is 0 Å². The van der Waals surface area contributed by atoms with Crippen LogP contribution < -0.4 is 10.6 Å². The molecule has 0 fully saturated rings. The molecule has 0 aliphatic rings. The summed E-state index contributed by atoms with van der Waals surface area (Å²) in [6.07, 6.45) is 0.814. The van der Waals surface area contributed by atoms with Crippen molar-refractivity contribution in [3.8, 4) is 5.75 Å². The van der Waals surface area contributed by atoms with E-state index in [0.29, 0.717) is 11.4 Å². The summed E-state index contributed by atoms with van der Waals surface area (Å²) in [6.45, 7) is 2.46. The molecule has 18 heavy (non-hydrogen) atoms. The van der Waals surface area contributed by atoms with Crippen LogP contribution in [0.5, 0.6) is 5.75 Å². The summed E-state index contributed by atoms with van der Waals surface area (Å²) >= 11 is 1.18. The molecule has 0 saturated carbocycles. The van der Waals surface area contributed by atoms with Gasteiger partial charge in [0.2, 0.25) is 5.91 Å². The lowest BCUT2D eigenvalue weighted by Crippen LogP contribution is -2.40. The van der Waals surface area contributed by atoms with Crippen molar-refractivity contribution in [3.63, 3.8) is 0 Å². The van der Waals surface area contributed by atoms with Gasteiger partial charge in [-0.15, -0.1) is 11.8 Å². The predicted molar refractivity (Wildman–Crippen MR) is 70.7 cm³/mol. The van der Waals surface area contributed by atoms with Gasteiger partial charge in [-0.1, -0.05) is 19.1 Å². The molecule has 1 aromatic rings. The highest BCUT2D eigenvalue weighted by molar-refractivity contribution is 8.00. The Balaban J connectivity index is 2.33. The van der Waals surface area contributed by atoms with E-state index in [2.05, 4.69) is 10.6 Å². The normalized spacial score (nSPS) is 9.83. The van der Waals surface area contributed by atoms with Crippen LogP contribution in [0.1, 0.15) is 13.3 Å². The second-order valence-corrected chi connectivity index (χ2v) is 4.58. The summed E-state index contributed by atoms with van der Waals surface area (Å²) in [6, 6.07) is 6.25. The topological polar surface area (TPSA) is 78.4 Å². The molecule has 0 aromatic heterocycles. The summed E-state index contributed by atoms with van der Waals surface area (Å²) in [7, 11) is 0. The maximum Gasteiger partial charge on any atom is 0.321 e. The van der Waals surface area contributed by atoms with Crippen LogP contribution in [-0.4, -0.2) is 29.3 Å². The van der Waals surface area contributed by atoms with E-state index in [4.69, 9.17) is 0 Å². The number of phenolic OH excluding ortho intramolecular Hbond substituents is 1. The molecule has 0 aliphatic carbocycles. The number of benzene rings is 1. The summed E-state index contributed by atoms with van der Waals surface area (Å²) in [4.78, 5) is 23.2. The van der Waals surface area contributed by atoms with Gasteiger partial charge >= 0.3 is 6.03 Å². The molecule has 0 aliphatic heterocycles. The maximum absolute atomic E-state index is 11.4. The molecule has 0 radical (unpaired) electrons. The number of imide groups is 1. The number of hydrogen-bond donors (Lipinski definition) is 3. The first kappa shape index (κ1) is 14.4. The molecule has 98 valence electrons. The van der Waals surface area contributed by atoms with Gasteiger partial charge in [0, 0.05) is 11.4 Å². The number of amides is 3. The molecular formula is C12H16N2O3S. The third-order valence-electron chi connectivity index (χ3n) is 2.01. The number of carbonyl (C=O) groups is 2. The number of para-hydroxylation sites is 1. The van der Waals surface area contributed by atoms with Crippen LogP contribution in [0.2, 0.25) is 0 Å². The van der Waals surface area contributed by atoms with Crippen LogP contribution >= 0.6 is 11.8 Å². The zero-order valence-corrected chi connectivity index (χ0v) is 10.9. The van der Waals surface area contributed by atoms with Crippen molar-refractivity contribution >= 4 is 23.7 Å². The van der Waals surface area contributed by atoms with Gasteiger partial charge < -0.3 is 10.4 Å². The van der Waals surface area contributed by atoms with E-state index in [1.54, 1.807) is 24.3 Å². The van der Waals surface area contributed by atoms with E-state index in [9.17, 15) is 14.7 Å². The molecule has 6 heteroatoms. The van der Waals surface area contributed by atoms with Crippen molar-refractivity contribution < 1.29 is 14.7 Å². The molecule has 0 saturated heterocycles.